The second kappa shape index (κ2) is 4.05. The van der Waals surface area contributed by atoms with Gasteiger partial charge >= 0.3 is 5.97 Å². The Kier molecular flexibility index (Phi) is 2.57. The summed E-state index contributed by atoms with van der Waals surface area (Å²) in [7, 11) is 0. The zero-order chi connectivity index (χ0) is 12.4. The molecule has 0 radical (unpaired) electrons. The molecule has 0 aliphatic carbocycles. The third-order valence-electron chi connectivity index (χ3n) is 2.07. The van der Waals surface area contributed by atoms with Crippen molar-refractivity contribution >= 4 is 11.9 Å². The third-order valence-corrected chi connectivity index (χ3v) is 2.07. The van der Waals surface area contributed by atoms with Crippen LogP contribution >= 0.6 is 0 Å². The van der Waals surface area contributed by atoms with Gasteiger partial charge in [-0.05, 0) is 18.2 Å². The van der Waals surface area contributed by atoms with Crippen molar-refractivity contribution in [3.63, 3.8) is 0 Å². The second-order valence-corrected chi connectivity index (χ2v) is 3.22. The van der Waals surface area contributed by atoms with Gasteiger partial charge in [0.15, 0.2) is 5.82 Å². The number of aromatic carboxylic acids is 1. The van der Waals surface area contributed by atoms with Crippen molar-refractivity contribution in [2.24, 2.45) is 5.73 Å². The Morgan fingerprint density at radius 2 is 2.12 bits per heavy atom. The molecule has 0 aromatic carbocycles. The molecule has 0 saturated carbocycles. The van der Waals surface area contributed by atoms with Crippen LogP contribution in [0.25, 0.3) is 5.82 Å². The van der Waals surface area contributed by atoms with Gasteiger partial charge in [-0.1, -0.05) is 0 Å². The van der Waals surface area contributed by atoms with Crippen LogP contribution in [0.3, 0.4) is 0 Å². The Bertz CT molecular complexity index is 591. The molecular weight excluding hydrogens is 224 g/mol. The molecule has 2 rings (SSSR count). The van der Waals surface area contributed by atoms with Crippen molar-refractivity contribution in [2.75, 3.05) is 0 Å². The van der Waals surface area contributed by atoms with Crippen LogP contribution in [0.4, 0.5) is 0 Å². The quantitative estimate of drug-likeness (QED) is 0.777. The van der Waals surface area contributed by atoms with E-state index in [0.717, 1.165) is 0 Å². The van der Waals surface area contributed by atoms with E-state index in [4.69, 9.17) is 10.8 Å². The highest BCUT2D eigenvalue weighted by Crippen LogP contribution is 2.07. The van der Waals surface area contributed by atoms with Gasteiger partial charge in [0.2, 0.25) is 0 Å². The van der Waals surface area contributed by atoms with E-state index in [2.05, 4.69) is 10.1 Å². The van der Waals surface area contributed by atoms with Crippen LogP contribution in [0.1, 0.15) is 20.8 Å². The van der Waals surface area contributed by atoms with E-state index in [0.29, 0.717) is 5.82 Å². The molecule has 0 unspecified atom stereocenters. The SMILES string of the molecule is NC(=O)c1ccn(-c2cc(C(=O)O)ccn2)n1. The zero-order valence-corrected chi connectivity index (χ0v) is 8.57. The van der Waals surface area contributed by atoms with Crippen LogP contribution < -0.4 is 5.73 Å². The summed E-state index contributed by atoms with van der Waals surface area (Å²) in [5.74, 6) is -1.41. The molecule has 2 aromatic rings. The van der Waals surface area contributed by atoms with Gasteiger partial charge in [-0.3, -0.25) is 4.79 Å². The van der Waals surface area contributed by atoms with E-state index in [9.17, 15) is 9.59 Å². The number of carboxylic acid groups (broad SMARTS) is 1. The van der Waals surface area contributed by atoms with Gasteiger partial charge in [0.1, 0.15) is 5.69 Å². The summed E-state index contributed by atoms with van der Waals surface area (Å²) in [5, 5.41) is 12.7. The fourth-order valence-corrected chi connectivity index (χ4v) is 1.26. The standard InChI is InChI=1S/C10H8N4O3/c11-9(15)7-2-4-14(13-7)8-5-6(10(16)17)1-3-12-8/h1-5H,(H2,11,15)(H,16,17). The van der Waals surface area contributed by atoms with Gasteiger partial charge in [-0.25, -0.2) is 14.5 Å². The number of carboxylic acids is 1. The lowest BCUT2D eigenvalue weighted by atomic mass is 10.3. The van der Waals surface area contributed by atoms with Gasteiger partial charge in [0.25, 0.3) is 5.91 Å². The molecule has 2 heterocycles. The number of carbonyl (C=O) groups is 2. The molecule has 86 valence electrons. The molecule has 0 aliphatic heterocycles. The first-order valence-electron chi connectivity index (χ1n) is 4.63. The van der Waals surface area contributed by atoms with Gasteiger partial charge < -0.3 is 10.8 Å². The number of amides is 1. The van der Waals surface area contributed by atoms with Crippen molar-refractivity contribution in [3.8, 4) is 5.82 Å². The Hall–Kier alpha value is -2.70. The average molecular weight is 232 g/mol. The molecule has 3 N–H and O–H groups in total. The molecule has 0 spiro atoms. The number of nitrogens with zero attached hydrogens (tertiary/aromatic N) is 3. The number of aromatic nitrogens is 3. The predicted octanol–water partition coefficient (Wildman–Crippen LogP) is 0.0644. The first kappa shape index (κ1) is 10.8. The summed E-state index contributed by atoms with van der Waals surface area (Å²) in [6.07, 6.45) is 2.83. The molecule has 0 bridgehead atoms. The van der Waals surface area contributed by atoms with E-state index < -0.39 is 11.9 Å². The number of primary amides is 1. The van der Waals surface area contributed by atoms with Crippen LogP contribution in [0.15, 0.2) is 30.6 Å². The smallest absolute Gasteiger partial charge is 0.335 e. The summed E-state index contributed by atoms with van der Waals surface area (Å²) in [6, 6.07) is 4.14. The van der Waals surface area contributed by atoms with Crippen LogP contribution in [0.2, 0.25) is 0 Å². The topological polar surface area (TPSA) is 111 Å². The summed E-state index contributed by atoms with van der Waals surface area (Å²) < 4.78 is 1.28. The van der Waals surface area contributed by atoms with Crippen molar-refractivity contribution < 1.29 is 14.7 Å². The lowest BCUT2D eigenvalue weighted by molar-refractivity contribution is 0.0696. The third kappa shape index (κ3) is 2.12. The Morgan fingerprint density at radius 3 is 2.71 bits per heavy atom. The van der Waals surface area contributed by atoms with Crippen molar-refractivity contribution in [1.82, 2.24) is 14.8 Å². The number of hydrogen-bond acceptors (Lipinski definition) is 4. The fourth-order valence-electron chi connectivity index (χ4n) is 1.26. The van der Waals surface area contributed by atoms with E-state index in [1.165, 1.54) is 35.3 Å². The molecule has 2 aromatic heterocycles. The van der Waals surface area contributed by atoms with Crippen LogP contribution in [-0.4, -0.2) is 31.7 Å². The van der Waals surface area contributed by atoms with Gasteiger partial charge in [0, 0.05) is 12.4 Å². The Balaban J connectivity index is 2.42. The van der Waals surface area contributed by atoms with E-state index >= 15 is 0 Å². The largest absolute Gasteiger partial charge is 0.478 e. The first-order chi connectivity index (χ1) is 8.08. The molecule has 7 nitrogen and oxygen atoms in total. The summed E-state index contributed by atoms with van der Waals surface area (Å²) in [5.41, 5.74) is 5.23. The molecular formula is C10H8N4O3. The van der Waals surface area contributed by atoms with E-state index in [1.807, 2.05) is 0 Å². The lowest BCUT2D eigenvalue weighted by Gasteiger charge is -2.00. The van der Waals surface area contributed by atoms with Gasteiger partial charge in [0.05, 0.1) is 5.56 Å². The number of rotatable bonds is 3. The summed E-state index contributed by atoms with van der Waals surface area (Å²) >= 11 is 0. The predicted molar refractivity (Wildman–Crippen MR) is 56.8 cm³/mol. The highest BCUT2D eigenvalue weighted by molar-refractivity contribution is 5.90. The van der Waals surface area contributed by atoms with E-state index in [1.54, 1.807) is 0 Å². The minimum atomic E-state index is -1.06. The maximum absolute atomic E-state index is 10.9. The minimum Gasteiger partial charge on any atom is -0.478 e. The molecule has 0 aliphatic rings. The van der Waals surface area contributed by atoms with Crippen molar-refractivity contribution in [2.45, 2.75) is 0 Å². The number of nitrogens with two attached hydrogens (primary N) is 1. The Labute approximate surface area is 95.5 Å². The van der Waals surface area contributed by atoms with Crippen molar-refractivity contribution in [1.29, 1.82) is 0 Å². The molecule has 7 heteroatoms. The van der Waals surface area contributed by atoms with Gasteiger partial charge in [-0.2, -0.15) is 5.10 Å². The van der Waals surface area contributed by atoms with E-state index in [-0.39, 0.29) is 11.3 Å². The number of carbonyl (C=O) groups excluding carboxylic acids is 1. The second-order valence-electron chi connectivity index (χ2n) is 3.22. The first-order valence-corrected chi connectivity index (χ1v) is 4.63. The molecule has 0 saturated heterocycles. The minimum absolute atomic E-state index is 0.0890. The van der Waals surface area contributed by atoms with Crippen LogP contribution in [0, 0.1) is 0 Å². The zero-order valence-electron chi connectivity index (χ0n) is 8.57. The average Bonchev–Trinajstić information content (AvgIpc) is 2.78. The van der Waals surface area contributed by atoms with Crippen LogP contribution in [-0.2, 0) is 0 Å². The van der Waals surface area contributed by atoms with Crippen LogP contribution in [0.5, 0.6) is 0 Å². The maximum atomic E-state index is 10.9. The number of hydrogen-bond donors (Lipinski definition) is 2. The Morgan fingerprint density at radius 1 is 1.35 bits per heavy atom. The lowest BCUT2D eigenvalue weighted by Crippen LogP contribution is -2.12. The van der Waals surface area contributed by atoms with Crippen molar-refractivity contribution in [3.05, 3.63) is 41.9 Å². The number of pyridine rings is 1. The molecule has 0 atom stereocenters. The normalized spacial score (nSPS) is 10.1. The fraction of sp³-hybridized carbons (Fsp3) is 0. The monoisotopic (exact) mass is 232 g/mol. The molecule has 1 amide bonds. The van der Waals surface area contributed by atoms with Gasteiger partial charge in [-0.15, -0.1) is 0 Å². The maximum Gasteiger partial charge on any atom is 0.335 e. The summed E-state index contributed by atoms with van der Waals surface area (Å²) in [6.45, 7) is 0. The molecule has 17 heavy (non-hydrogen) atoms. The highest BCUT2D eigenvalue weighted by Gasteiger charge is 2.09. The molecule has 0 fully saturated rings. The highest BCUT2D eigenvalue weighted by atomic mass is 16.4. The summed E-state index contributed by atoms with van der Waals surface area (Å²) in [4.78, 5) is 25.6.